The summed E-state index contributed by atoms with van der Waals surface area (Å²) in [4.78, 5) is 73.3. The van der Waals surface area contributed by atoms with Gasteiger partial charge in [-0.05, 0) is 100 Å². The van der Waals surface area contributed by atoms with Crippen LogP contribution in [0.1, 0.15) is 70.1 Å². The fraction of sp³-hybridized carbons (Fsp3) is 0.614. The van der Waals surface area contributed by atoms with Crippen LogP contribution in [0.15, 0.2) is 45.6 Å². The fourth-order valence-corrected chi connectivity index (χ4v) is 8.28. The molecule has 1 atom stereocenters. The number of carbonyl (C=O) groups excluding carboxylic acids is 4. The van der Waals surface area contributed by atoms with E-state index in [1.807, 2.05) is 56.1 Å². The van der Waals surface area contributed by atoms with Gasteiger partial charge < -0.3 is 38.8 Å². The summed E-state index contributed by atoms with van der Waals surface area (Å²) in [5.74, 6) is 0.0658. The molecule has 1 aromatic heterocycles. The maximum atomic E-state index is 13.7. The van der Waals surface area contributed by atoms with Crippen molar-refractivity contribution in [3.63, 3.8) is 0 Å². The molecule has 1 N–H and O–H groups in total. The number of ether oxygens (including phenoxy) is 2. The van der Waals surface area contributed by atoms with Crippen molar-refractivity contribution in [1.82, 2.24) is 29.1 Å². The Bertz CT molecular complexity index is 1960. The topological polar surface area (TPSA) is 150 Å². The lowest BCUT2D eigenvalue weighted by molar-refractivity contribution is -0.145. The Kier molecular flexibility index (Phi) is 16.0. The molecule has 0 unspecified atom stereocenters. The fourth-order valence-electron chi connectivity index (χ4n) is 8.28. The second-order valence-electron chi connectivity index (χ2n) is 16.3. The second-order valence-corrected chi connectivity index (χ2v) is 16.3. The third kappa shape index (κ3) is 11.7. The van der Waals surface area contributed by atoms with Crippen LogP contribution in [0.4, 0.5) is 15.3 Å². The number of rotatable bonds is 9. The van der Waals surface area contributed by atoms with Gasteiger partial charge in [0.25, 0.3) is 5.91 Å². The Labute approximate surface area is 348 Å². The Morgan fingerprint density at radius 2 is 1.59 bits per heavy atom. The normalized spacial score (nSPS) is 18.8. The van der Waals surface area contributed by atoms with Crippen molar-refractivity contribution in [3.05, 3.63) is 63.6 Å². The molecular formula is C44H65N7O8. The lowest BCUT2D eigenvalue weighted by Crippen LogP contribution is -2.53. The summed E-state index contributed by atoms with van der Waals surface area (Å²) in [6.07, 6.45) is 3.95. The van der Waals surface area contributed by atoms with E-state index >= 15 is 0 Å². The summed E-state index contributed by atoms with van der Waals surface area (Å²) in [6, 6.07) is 11.4. The molecule has 7 rings (SSSR count). The zero-order valence-electron chi connectivity index (χ0n) is 34.9. The molecule has 0 bridgehead atoms. The van der Waals surface area contributed by atoms with Gasteiger partial charge in [0.2, 0.25) is 0 Å². The van der Waals surface area contributed by atoms with E-state index in [0.717, 1.165) is 67.3 Å². The van der Waals surface area contributed by atoms with Crippen molar-refractivity contribution >= 4 is 40.8 Å². The number of hydrogen-bond acceptors (Lipinski definition) is 10. The standard InChI is InChI=1S/C32H40N6O6.C11H21NO2.CH4/c1-21-18-22(19-26-28(21)35(3)31(41)43-26)20-27(29(39)36-16-14-34(2)15-17-36)44-32(42)37-11-9-24(10-12-37)38-13-8-23-6-4-5-7-25(23)33-30(38)40;1-3-8-14-11(13)9-12-6-4-10(2)5-7-12;/h4-7,18-19,24,27H,8-17,20H2,1-3H3,(H,33,40);10H,3-9H2,1-2H3;1H4/t27-;;/m1../s1. The number of likely N-dealkylation sites (N-methyl/N-ethyl adjacent to an activating group) is 1. The van der Waals surface area contributed by atoms with Gasteiger partial charge in [0, 0.05) is 71.0 Å². The highest BCUT2D eigenvalue weighted by atomic mass is 16.6. The number of anilines is 1. The number of piperazine rings is 1. The van der Waals surface area contributed by atoms with Gasteiger partial charge in [-0.1, -0.05) is 45.5 Å². The highest BCUT2D eigenvalue weighted by molar-refractivity contribution is 5.91. The molecule has 0 saturated carbocycles. The van der Waals surface area contributed by atoms with Crippen LogP contribution in [0, 0.1) is 12.8 Å². The summed E-state index contributed by atoms with van der Waals surface area (Å²) >= 11 is 0. The van der Waals surface area contributed by atoms with E-state index in [1.165, 1.54) is 17.4 Å². The van der Waals surface area contributed by atoms with Crippen LogP contribution < -0.4 is 11.1 Å². The van der Waals surface area contributed by atoms with Crippen LogP contribution >= 0.6 is 0 Å². The van der Waals surface area contributed by atoms with E-state index in [4.69, 9.17) is 13.9 Å². The minimum atomic E-state index is -1.02. The van der Waals surface area contributed by atoms with Gasteiger partial charge in [-0.3, -0.25) is 19.1 Å². The molecule has 15 nitrogen and oxygen atoms in total. The molecule has 0 aliphatic carbocycles. The average Bonchev–Trinajstić information content (AvgIpc) is 3.39. The number of benzene rings is 2. The SMILES string of the molecule is C.CCCOC(=O)CN1CCC(C)CC1.Cc1cc(C[C@@H](OC(=O)N2CCC(N3CCc4ccccc4NC3=O)CC2)C(=O)N2CCN(C)CC2)cc2oc(=O)n(C)c12. The first-order valence-corrected chi connectivity index (χ1v) is 21.0. The first-order valence-electron chi connectivity index (χ1n) is 21.0. The van der Waals surface area contributed by atoms with Gasteiger partial charge in [-0.15, -0.1) is 0 Å². The maximum Gasteiger partial charge on any atom is 0.419 e. The number of nitrogens with zero attached hydrogens (tertiary/aromatic N) is 6. The third-order valence-electron chi connectivity index (χ3n) is 11.9. The highest BCUT2D eigenvalue weighted by Crippen LogP contribution is 2.26. The van der Waals surface area contributed by atoms with Crippen LogP contribution in [0.2, 0.25) is 0 Å². The molecule has 4 aliphatic heterocycles. The number of likely N-dealkylation sites (tertiary alicyclic amines) is 2. The van der Waals surface area contributed by atoms with E-state index in [1.54, 1.807) is 22.9 Å². The largest absolute Gasteiger partial charge is 0.465 e. The van der Waals surface area contributed by atoms with Crippen LogP contribution in [-0.4, -0.2) is 144 Å². The monoisotopic (exact) mass is 819 g/mol. The number of amides is 4. The zero-order chi connectivity index (χ0) is 41.3. The van der Waals surface area contributed by atoms with Gasteiger partial charge in [-0.25, -0.2) is 14.4 Å². The van der Waals surface area contributed by atoms with E-state index < -0.39 is 18.0 Å². The van der Waals surface area contributed by atoms with Gasteiger partial charge >= 0.3 is 23.8 Å². The second kappa shape index (κ2) is 20.9. The van der Waals surface area contributed by atoms with Gasteiger partial charge in [0.1, 0.15) is 0 Å². The van der Waals surface area contributed by atoms with E-state index in [-0.39, 0.29) is 37.8 Å². The molecule has 4 aliphatic rings. The Morgan fingerprint density at radius 1 is 0.898 bits per heavy atom. The molecule has 3 fully saturated rings. The number of aromatic nitrogens is 1. The molecule has 2 aromatic carbocycles. The van der Waals surface area contributed by atoms with Crippen LogP contribution in [-0.2, 0) is 39.0 Å². The number of oxazole rings is 1. The zero-order valence-corrected chi connectivity index (χ0v) is 34.9. The maximum absolute atomic E-state index is 13.7. The summed E-state index contributed by atoms with van der Waals surface area (Å²) in [7, 11) is 3.67. The molecule has 0 spiro atoms. The van der Waals surface area contributed by atoms with Crippen molar-refractivity contribution in [1.29, 1.82) is 0 Å². The first-order chi connectivity index (χ1) is 27.9. The smallest absolute Gasteiger partial charge is 0.419 e. The Hall–Kier alpha value is -4.89. The van der Waals surface area contributed by atoms with Crippen LogP contribution in [0.5, 0.6) is 0 Å². The van der Waals surface area contributed by atoms with Crippen molar-refractivity contribution in [2.24, 2.45) is 13.0 Å². The van der Waals surface area contributed by atoms with E-state index in [0.29, 0.717) is 69.8 Å². The Morgan fingerprint density at radius 3 is 2.29 bits per heavy atom. The van der Waals surface area contributed by atoms with Crippen molar-refractivity contribution in [3.8, 4) is 0 Å². The first kappa shape index (κ1) is 45.2. The molecule has 5 heterocycles. The third-order valence-corrected chi connectivity index (χ3v) is 11.9. The summed E-state index contributed by atoms with van der Waals surface area (Å²) in [5.41, 5.74) is 4.68. The lowest BCUT2D eigenvalue weighted by atomic mass is 9.99. The van der Waals surface area contributed by atoms with Gasteiger partial charge in [0.15, 0.2) is 11.7 Å². The van der Waals surface area contributed by atoms with Crippen molar-refractivity contribution < 1.29 is 33.1 Å². The van der Waals surface area contributed by atoms with E-state index in [2.05, 4.69) is 22.0 Å². The molecule has 4 amide bonds. The number of para-hydroxylation sites is 1. The number of aryl methyl sites for hydroxylation is 2. The number of piperidine rings is 2. The number of fused-ring (bicyclic) bond motifs is 2. The number of carbonyl (C=O) groups is 4. The number of urea groups is 1. The summed E-state index contributed by atoms with van der Waals surface area (Å²) in [5, 5.41) is 3.03. The number of esters is 1. The highest BCUT2D eigenvalue weighted by Gasteiger charge is 2.35. The molecule has 0 radical (unpaired) electrons. The van der Waals surface area contributed by atoms with Gasteiger partial charge in [-0.2, -0.15) is 0 Å². The average molecular weight is 820 g/mol. The summed E-state index contributed by atoms with van der Waals surface area (Å²) < 4.78 is 17.9. The molecule has 3 aromatic rings. The molecule has 59 heavy (non-hydrogen) atoms. The van der Waals surface area contributed by atoms with E-state index in [9.17, 15) is 24.0 Å². The number of hydrogen-bond donors (Lipinski definition) is 1. The minimum absolute atomic E-state index is 0. The molecular weight excluding hydrogens is 755 g/mol. The molecule has 324 valence electrons. The van der Waals surface area contributed by atoms with Crippen molar-refractivity contribution in [2.75, 3.05) is 84.4 Å². The quantitative estimate of drug-likeness (QED) is 0.288. The van der Waals surface area contributed by atoms with Crippen molar-refractivity contribution in [2.45, 2.75) is 85.3 Å². The van der Waals surface area contributed by atoms with Gasteiger partial charge in [0.05, 0.1) is 18.7 Å². The lowest BCUT2D eigenvalue weighted by Gasteiger charge is -2.38. The Balaban J connectivity index is 0.000000376. The van der Waals surface area contributed by atoms with Crippen LogP contribution in [0.25, 0.3) is 11.1 Å². The minimum Gasteiger partial charge on any atom is -0.465 e. The predicted octanol–water partition coefficient (Wildman–Crippen LogP) is 5.12. The predicted molar refractivity (Wildman–Crippen MR) is 228 cm³/mol. The van der Waals surface area contributed by atoms with Crippen LogP contribution in [0.3, 0.4) is 0 Å². The molecule has 15 heteroatoms. The number of nitrogens with one attached hydrogen (secondary N) is 1. The molecule has 3 saturated heterocycles. The summed E-state index contributed by atoms with van der Waals surface area (Å²) in [6.45, 7) is 13.4.